The van der Waals surface area contributed by atoms with E-state index in [1.54, 1.807) is 12.1 Å². The summed E-state index contributed by atoms with van der Waals surface area (Å²) in [6.45, 7) is 5.51. The lowest BCUT2D eigenvalue weighted by molar-refractivity contribution is 0.0641. The minimum absolute atomic E-state index is 0.0348. The van der Waals surface area contributed by atoms with Gasteiger partial charge in [-0.15, -0.1) is 12.6 Å². The Morgan fingerprint density at radius 3 is 2.87 bits per heavy atom. The molecule has 1 amide bonds. The van der Waals surface area contributed by atoms with E-state index in [0.717, 1.165) is 19.3 Å². The Morgan fingerprint density at radius 1 is 1.33 bits per heavy atom. The van der Waals surface area contributed by atoms with Gasteiger partial charge in [0.05, 0.1) is 23.4 Å². The number of nitrogens with one attached hydrogen (secondary N) is 1. The molecule has 2 fully saturated rings. The molecule has 2 unspecified atom stereocenters. The normalized spacial score (nSPS) is 22.5. The minimum atomic E-state index is -0.421. The van der Waals surface area contributed by atoms with Crippen molar-refractivity contribution in [2.45, 2.75) is 69.2 Å². The van der Waals surface area contributed by atoms with Gasteiger partial charge in [0, 0.05) is 17.4 Å². The highest BCUT2D eigenvalue weighted by Gasteiger charge is 2.51. The molecule has 160 valence electrons. The van der Waals surface area contributed by atoms with Gasteiger partial charge in [-0.05, 0) is 51.8 Å². The van der Waals surface area contributed by atoms with Gasteiger partial charge < -0.3 is 14.8 Å². The third kappa shape index (κ3) is 4.03. The van der Waals surface area contributed by atoms with Gasteiger partial charge in [-0.25, -0.2) is 19.2 Å². The summed E-state index contributed by atoms with van der Waals surface area (Å²) < 4.78 is 25.8. The minimum Gasteiger partial charge on any atom is -0.472 e. The topological polar surface area (TPSA) is 76.6 Å². The van der Waals surface area contributed by atoms with Gasteiger partial charge in [0.2, 0.25) is 5.88 Å². The highest BCUT2D eigenvalue weighted by Crippen LogP contribution is 2.40. The zero-order valence-corrected chi connectivity index (χ0v) is 18.0. The molecule has 2 saturated heterocycles. The average Bonchev–Trinajstić information content (AvgIpc) is 3.24. The number of hydrogen-bond donors (Lipinski definition) is 2. The number of benzene rings is 1. The molecule has 30 heavy (non-hydrogen) atoms. The summed E-state index contributed by atoms with van der Waals surface area (Å²) in [5.74, 6) is 0.467. The number of carbonyl (C=O) groups excluding carboxylic acids is 1. The number of hydrogen-bond acceptors (Lipinski definition) is 7. The van der Waals surface area contributed by atoms with Crippen molar-refractivity contribution in [2.24, 2.45) is 0 Å². The Kier molecular flexibility index (Phi) is 5.73. The molecule has 0 saturated carbocycles. The fraction of sp³-hybridized carbons (Fsp3) is 0.476. The van der Waals surface area contributed by atoms with Crippen molar-refractivity contribution in [1.29, 1.82) is 0 Å². The summed E-state index contributed by atoms with van der Waals surface area (Å²) in [6.07, 6.45) is 3.34. The van der Waals surface area contributed by atoms with Gasteiger partial charge in [0.15, 0.2) is 0 Å². The number of anilines is 2. The first-order valence-electron chi connectivity index (χ1n) is 10.1. The summed E-state index contributed by atoms with van der Waals surface area (Å²) in [5, 5.41) is 2.99. The van der Waals surface area contributed by atoms with Crippen LogP contribution in [0.4, 0.5) is 20.7 Å². The number of thiol groups is 1. The molecule has 2 aliphatic rings. The summed E-state index contributed by atoms with van der Waals surface area (Å²) in [7, 11) is 0. The van der Waals surface area contributed by atoms with E-state index in [-0.39, 0.29) is 30.4 Å². The van der Waals surface area contributed by atoms with Gasteiger partial charge in [0.25, 0.3) is 0 Å². The van der Waals surface area contributed by atoms with Crippen molar-refractivity contribution in [3.05, 3.63) is 35.9 Å². The number of carbonyl (C=O) groups is 1. The number of rotatable bonds is 5. The highest BCUT2D eigenvalue weighted by atomic mass is 32.1. The van der Waals surface area contributed by atoms with E-state index in [4.69, 9.17) is 9.47 Å². The molecule has 2 bridgehead atoms. The molecule has 4 rings (SSSR count). The molecule has 1 aromatic carbocycles. The number of halogens is 1. The van der Waals surface area contributed by atoms with E-state index in [9.17, 15) is 9.18 Å². The van der Waals surface area contributed by atoms with Crippen LogP contribution in [0, 0.1) is 12.7 Å². The number of amides is 1. The monoisotopic (exact) mass is 432 g/mol. The Hall–Kier alpha value is -2.55. The Labute approximate surface area is 180 Å². The fourth-order valence-electron chi connectivity index (χ4n) is 4.16. The number of aromatic nitrogens is 2. The first-order valence-corrected chi connectivity index (χ1v) is 10.5. The Morgan fingerprint density at radius 2 is 2.13 bits per heavy atom. The van der Waals surface area contributed by atoms with Gasteiger partial charge in [0.1, 0.15) is 24.1 Å². The number of ether oxygens (including phenoxy) is 2. The molecular weight excluding hydrogens is 407 g/mol. The second kappa shape index (κ2) is 8.29. The molecule has 3 atom stereocenters. The molecule has 2 aromatic rings. The Bertz CT molecular complexity index is 958. The third-order valence-electron chi connectivity index (χ3n) is 5.53. The lowest BCUT2D eigenvalue weighted by Crippen LogP contribution is -2.40. The molecule has 0 spiro atoms. The van der Waals surface area contributed by atoms with Crippen molar-refractivity contribution in [1.82, 2.24) is 14.9 Å². The van der Waals surface area contributed by atoms with E-state index in [2.05, 4.69) is 27.9 Å². The largest absolute Gasteiger partial charge is 0.472 e. The van der Waals surface area contributed by atoms with Crippen molar-refractivity contribution < 1.29 is 18.7 Å². The fourth-order valence-corrected chi connectivity index (χ4v) is 4.35. The summed E-state index contributed by atoms with van der Waals surface area (Å²) >= 11 is 4.14. The molecule has 9 heteroatoms. The molecule has 3 heterocycles. The van der Waals surface area contributed by atoms with Crippen LogP contribution in [-0.2, 0) is 4.74 Å². The van der Waals surface area contributed by atoms with Gasteiger partial charge in [-0.2, -0.15) is 0 Å². The van der Waals surface area contributed by atoms with Crippen LogP contribution in [-0.4, -0.2) is 45.3 Å². The molecular formula is C21H25FN4O3S. The highest BCUT2D eigenvalue weighted by molar-refractivity contribution is 7.80. The maximum Gasteiger partial charge on any atom is 0.410 e. The SMILES string of the molecule is Cc1c(Nc2ccc(S)cc2F)ncnc1O[C@H]1CC2CCC1N2C(=O)OC(C)C. The zero-order valence-electron chi connectivity index (χ0n) is 17.1. The molecule has 7 nitrogen and oxygen atoms in total. The standard InChI is InChI=1S/C21H25FN4O3S/c1-11(2)28-21(27)26-13-4-7-17(26)18(8-13)29-20-12(3)19(23-10-24-20)25-16-6-5-14(30)9-15(16)22/h5-6,9-11,13,17-18,30H,4,7-8H2,1-3H3,(H,23,24,25)/t13?,17?,18-/m0/s1. The van der Waals surface area contributed by atoms with Gasteiger partial charge in [-0.3, -0.25) is 4.90 Å². The smallest absolute Gasteiger partial charge is 0.410 e. The van der Waals surface area contributed by atoms with Gasteiger partial charge >= 0.3 is 6.09 Å². The predicted molar refractivity (Wildman–Crippen MR) is 113 cm³/mol. The summed E-state index contributed by atoms with van der Waals surface area (Å²) in [6, 6.07) is 4.72. The lowest BCUT2D eigenvalue weighted by Gasteiger charge is -2.25. The van der Waals surface area contributed by atoms with Crippen LogP contribution in [0.25, 0.3) is 0 Å². The average molecular weight is 433 g/mol. The van der Waals surface area contributed by atoms with E-state index >= 15 is 0 Å². The summed E-state index contributed by atoms with van der Waals surface area (Å²) in [4.78, 5) is 23.3. The molecule has 2 aliphatic heterocycles. The maximum atomic E-state index is 14.2. The third-order valence-corrected chi connectivity index (χ3v) is 5.81. The van der Waals surface area contributed by atoms with Crippen molar-refractivity contribution in [3.8, 4) is 5.88 Å². The zero-order chi connectivity index (χ0) is 21.4. The van der Waals surface area contributed by atoms with Gasteiger partial charge in [-0.1, -0.05) is 0 Å². The molecule has 1 N–H and O–H groups in total. The van der Waals surface area contributed by atoms with Crippen molar-refractivity contribution in [2.75, 3.05) is 5.32 Å². The number of fused-ring (bicyclic) bond motifs is 2. The quantitative estimate of drug-likeness (QED) is 0.678. The van der Waals surface area contributed by atoms with E-state index in [1.807, 2.05) is 25.7 Å². The van der Waals surface area contributed by atoms with Crippen LogP contribution in [0.15, 0.2) is 29.4 Å². The molecule has 0 aliphatic carbocycles. The maximum absolute atomic E-state index is 14.2. The van der Waals surface area contributed by atoms with Crippen molar-refractivity contribution in [3.63, 3.8) is 0 Å². The van der Waals surface area contributed by atoms with E-state index < -0.39 is 5.82 Å². The second-order valence-electron chi connectivity index (χ2n) is 7.97. The molecule has 0 radical (unpaired) electrons. The first-order chi connectivity index (χ1) is 14.3. The number of nitrogens with zero attached hydrogens (tertiary/aromatic N) is 3. The second-order valence-corrected chi connectivity index (χ2v) is 8.49. The van der Waals surface area contributed by atoms with Crippen LogP contribution < -0.4 is 10.1 Å². The van der Waals surface area contributed by atoms with Crippen molar-refractivity contribution >= 4 is 30.2 Å². The summed E-state index contributed by atoms with van der Waals surface area (Å²) in [5.41, 5.74) is 0.967. The van der Waals surface area contributed by atoms with E-state index in [1.165, 1.54) is 12.4 Å². The first kappa shape index (κ1) is 20.7. The lowest BCUT2D eigenvalue weighted by atomic mass is 9.98. The van der Waals surface area contributed by atoms with Crippen LogP contribution >= 0.6 is 12.6 Å². The molecule has 1 aromatic heterocycles. The van der Waals surface area contributed by atoms with Crippen LogP contribution in [0.1, 0.15) is 38.7 Å². The predicted octanol–water partition coefficient (Wildman–Crippen LogP) is 4.49. The van der Waals surface area contributed by atoms with Crippen LogP contribution in [0.3, 0.4) is 0 Å². The van der Waals surface area contributed by atoms with Crippen LogP contribution in [0.5, 0.6) is 5.88 Å². The van der Waals surface area contributed by atoms with E-state index in [0.29, 0.717) is 27.8 Å². The Balaban J connectivity index is 1.49. The van der Waals surface area contributed by atoms with Crippen LogP contribution in [0.2, 0.25) is 0 Å².